The number of methoxy groups -OCH3 is 1. The van der Waals surface area contributed by atoms with Gasteiger partial charge in [-0.05, 0) is 23.6 Å². The number of rotatable bonds is 3. The van der Waals surface area contributed by atoms with Gasteiger partial charge in [-0.25, -0.2) is 4.39 Å². The average molecular weight is 226 g/mol. The van der Waals surface area contributed by atoms with E-state index in [0.717, 1.165) is 5.56 Å². The molecular weight excluding hydrogens is 207 g/mol. The molecular formula is C12H19FN2O. The maximum Gasteiger partial charge on any atom is 0.123 e. The van der Waals surface area contributed by atoms with Crippen LogP contribution in [0.4, 0.5) is 4.39 Å². The molecule has 0 fully saturated rings. The van der Waals surface area contributed by atoms with Crippen molar-refractivity contribution in [1.82, 2.24) is 5.43 Å². The Hall–Kier alpha value is -1.13. The van der Waals surface area contributed by atoms with Crippen LogP contribution >= 0.6 is 0 Å². The van der Waals surface area contributed by atoms with Crippen LogP contribution in [0.2, 0.25) is 0 Å². The molecule has 1 aromatic rings. The van der Waals surface area contributed by atoms with Gasteiger partial charge in [-0.15, -0.1) is 0 Å². The van der Waals surface area contributed by atoms with Crippen LogP contribution in [0.3, 0.4) is 0 Å². The molecule has 1 aromatic carbocycles. The van der Waals surface area contributed by atoms with Crippen molar-refractivity contribution in [2.45, 2.75) is 26.8 Å². The van der Waals surface area contributed by atoms with Gasteiger partial charge in [-0.2, -0.15) is 0 Å². The molecule has 0 amide bonds. The van der Waals surface area contributed by atoms with E-state index in [0.29, 0.717) is 5.75 Å². The van der Waals surface area contributed by atoms with E-state index in [9.17, 15) is 4.39 Å². The molecule has 3 N–H and O–H groups in total. The first-order valence-corrected chi connectivity index (χ1v) is 5.19. The summed E-state index contributed by atoms with van der Waals surface area (Å²) in [5, 5.41) is 0. The molecule has 1 atom stereocenters. The molecule has 0 radical (unpaired) electrons. The standard InChI is InChI=1S/C12H19FN2O/c1-12(2,3)11(15-14)9-7-8(13)5-6-10(9)16-4/h5-7,11,15H,14H2,1-4H3. The quantitative estimate of drug-likeness (QED) is 0.614. The summed E-state index contributed by atoms with van der Waals surface area (Å²) >= 11 is 0. The number of hydrazine groups is 1. The first-order valence-electron chi connectivity index (χ1n) is 5.19. The van der Waals surface area contributed by atoms with Crippen molar-refractivity contribution in [3.8, 4) is 5.75 Å². The van der Waals surface area contributed by atoms with Crippen molar-refractivity contribution in [2.24, 2.45) is 11.3 Å². The maximum atomic E-state index is 13.2. The summed E-state index contributed by atoms with van der Waals surface area (Å²) in [5.74, 6) is 5.88. The third-order valence-corrected chi connectivity index (χ3v) is 2.54. The third-order valence-electron chi connectivity index (χ3n) is 2.54. The second-order valence-electron chi connectivity index (χ2n) is 4.85. The Morgan fingerprint density at radius 3 is 2.44 bits per heavy atom. The molecule has 0 bridgehead atoms. The first-order chi connectivity index (χ1) is 7.40. The SMILES string of the molecule is COc1ccc(F)cc1C(NN)C(C)(C)C. The van der Waals surface area contributed by atoms with E-state index in [1.54, 1.807) is 13.2 Å². The minimum absolute atomic E-state index is 0.129. The van der Waals surface area contributed by atoms with Crippen LogP contribution in [0, 0.1) is 11.2 Å². The predicted molar refractivity (Wildman–Crippen MR) is 62.5 cm³/mol. The Balaban J connectivity index is 3.23. The first kappa shape index (κ1) is 12.9. The predicted octanol–water partition coefficient (Wildman–Crippen LogP) is 2.38. The van der Waals surface area contributed by atoms with Crippen LogP contribution in [-0.2, 0) is 0 Å². The summed E-state index contributed by atoms with van der Waals surface area (Å²) in [6, 6.07) is 4.27. The van der Waals surface area contributed by atoms with Gasteiger partial charge in [-0.3, -0.25) is 11.3 Å². The Bertz CT molecular complexity index is 361. The summed E-state index contributed by atoms with van der Waals surface area (Å²) in [4.78, 5) is 0. The minimum atomic E-state index is -0.291. The lowest BCUT2D eigenvalue weighted by Crippen LogP contribution is -2.37. The number of hydrogen-bond donors (Lipinski definition) is 2. The lowest BCUT2D eigenvalue weighted by molar-refractivity contribution is 0.266. The van der Waals surface area contributed by atoms with E-state index in [1.807, 2.05) is 20.8 Å². The molecule has 0 aromatic heterocycles. The molecule has 1 rings (SSSR count). The molecule has 0 saturated heterocycles. The fourth-order valence-electron chi connectivity index (χ4n) is 1.74. The number of nitrogens with two attached hydrogens (primary N) is 1. The summed E-state index contributed by atoms with van der Waals surface area (Å²) in [7, 11) is 1.56. The minimum Gasteiger partial charge on any atom is -0.496 e. The second kappa shape index (κ2) is 4.80. The summed E-state index contributed by atoms with van der Waals surface area (Å²) in [6.07, 6.45) is 0. The van der Waals surface area contributed by atoms with Crippen molar-refractivity contribution in [2.75, 3.05) is 7.11 Å². The Morgan fingerprint density at radius 1 is 1.38 bits per heavy atom. The van der Waals surface area contributed by atoms with Gasteiger partial charge in [0.2, 0.25) is 0 Å². The van der Waals surface area contributed by atoms with E-state index in [4.69, 9.17) is 10.6 Å². The van der Waals surface area contributed by atoms with Gasteiger partial charge >= 0.3 is 0 Å². The molecule has 0 aliphatic rings. The normalized spacial score (nSPS) is 13.6. The summed E-state index contributed by atoms with van der Waals surface area (Å²) in [5.41, 5.74) is 3.32. The zero-order valence-corrected chi connectivity index (χ0v) is 10.2. The highest BCUT2D eigenvalue weighted by Crippen LogP contribution is 2.37. The van der Waals surface area contributed by atoms with Gasteiger partial charge in [0, 0.05) is 5.56 Å². The van der Waals surface area contributed by atoms with Gasteiger partial charge in [0.1, 0.15) is 11.6 Å². The van der Waals surface area contributed by atoms with Gasteiger partial charge in [0.25, 0.3) is 0 Å². The largest absolute Gasteiger partial charge is 0.496 e. The fourth-order valence-corrected chi connectivity index (χ4v) is 1.74. The second-order valence-corrected chi connectivity index (χ2v) is 4.85. The summed E-state index contributed by atoms with van der Waals surface area (Å²) in [6.45, 7) is 6.09. The topological polar surface area (TPSA) is 47.3 Å². The van der Waals surface area contributed by atoms with E-state index in [1.165, 1.54) is 12.1 Å². The fraction of sp³-hybridized carbons (Fsp3) is 0.500. The monoisotopic (exact) mass is 226 g/mol. The molecule has 0 saturated carbocycles. The van der Waals surface area contributed by atoms with Crippen molar-refractivity contribution < 1.29 is 9.13 Å². The Morgan fingerprint density at radius 2 is 2.00 bits per heavy atom. The molecule has 16 heavy (non-hydrogen) atoms. The van der Waals surface area contributed by atoms with Crippen LogP contribution in [0.1, 0.15) is 32.4 Å². The van der Waals surface area contributed by atoms with Crippen LogP contribution in [-0.4, -0.2) is 7.11 Å². The number of benzene rings is 1. The van der Waals surface area contributed by atoms with Gasteiger partial charge in [0.05, 0.1) is 13.2 Å². The summed E-state index contributed by atoms with van der Waals surface area (Å²) < 4.78 is 18.5. The van der Waals surface area contributed by atoms with Crippen LogP contribution in [0.25, 0.3) is 0 Å². The number of halogens is 1. The molecule has 4 heteroatoms. The zero-order chi connectivity index (χ0) is 12.3. The highest BCUT2D eigenvalue weighted by molar-refractivity contribution is 5.37. The molecule has 0 spiro atoms. The average Bonchev–Trinajstić information content (AvgIpc) is 2.17. The van der Waals surface area contributed by atoms with Crippen LogP contribution in [0.5, 0.6) is 5.75 Å². The van der Waals surface area contributed by atoms with Crippen LogP contribution < -0.4 is 16.0 Å². The van der Waals surface area contributed by atoms with E-state index in [2.05, 4.69) is 5.43 Å². The smallest absolute Gasteiger partial charge is 0.123 e. The zero-order valence-electron chi connectivity index (χ0n) is 10.2. The van der Waals surface area contributed by atoms with Crippen molar-refractivity contribution in [3.05, 3.63) is 29.6 Å². The molecule has 90 valence electrons. The third kappa shape index (κ3) is 2.71. The highest BCUT2D eigenvalue weighted by atomic mass is 19.1. The van der Waals surface area contributed by atoms with Gasteiger partial charge in [-0.1, -0.05) is 20.8 Å². The highest BCUT2D eigenvalue weighted by Gasteiger charge is 2.28. The molecule has 3 nitrogen and oxygen atoms in total. The van der Waals surface area contributed by atoms with Crippen molar-refractivity contribution in [3.63, 3.8) is 0 Å². The molecule has 0 heterocycles. The lowest BCUT2D eigenvalue weighted by atomic mass is 9.82. The number of nitrogens with one attached hydrogen (secondary N) is 1. The van der Waals surface area contributed by atoms with E-state index < -0.39 is 0 Å². The molecule has 1 unspecified atom stereocenters. The number of hydrogen-bond acceptors (Lipinski definition) is 3. The Kier molecular flexibility index (Phi) is 3.88. The molecule has 0 aliphatic carbocycles. The maximum absolute atomic E-state index is 13.2. The molecule has 0 aliphatic heterocycles. The van der Waals surface area contributed by atoms with Gasteiger partial charge < -0.3 is 4.74 Å². The van der Waals surface area contributed by atoms with E-state index >= 15 is 0 Å². The lowest BCUT2D eigenvalue weighted by Gasteiger charge is -2.31. The van der Waals surface area contributed by atoms with E-state index in [-0.39, 0.29) is 17.3 Å². The Labute approximate surface area is 95.8 Å². The van der Waals surface area contributed by atoms with Crippen molar-refractivity contribution >= 4 is 0 Å². The number of ether oxygens (including phenoxy) is 1. The van der Waals surface area contributed by atoms with Gasteiger partial charge in [0.15, 0.2) is 0 Å². The van der Waals surface area contributed by atoms with Crippen molar-refractivity contribution in [1.29, 1.82) is 0 Å². The van der Waals surface area contributed by atoms with Crippen LogP contribution in [0.15, 0.2) is 18.2 Å².